The van der Waals surface area contributed by atoms with E-state index in [9.17, 15) is 0 Å². The van der Waals surface area contributed by atoms with E-state index in [1.165, 1.54) is 3.58 Å². The lowest BCUT2D eigenvalue weighted by atomic mass is 10.0. The van der Waals surface area contributed by atoms with E-state index < -0.39 is 0 Å². The third-order valence-electron chi connectivity index (χ3n) is 2.83. The first-order valence-corrected chi connectivity index (χ1v) is 6.99. The molecule has 0 radical (unpaired) electrons. The maximum Gasteiger partial charge on any atom is 0.0704 e. The second kappa shape index (κ2) is 6.54. The van der Waals surface area contributed by atoms with Crippen LogP contribution in [0.1, 0.15) is 24.9 Å². The van der Waals surface area contributed by atoms with Crippen LogP contribution in [-0.4, -0.2) is 4.98 Å². The topological polar surface area (TPSA) is 61.7 Å². The fraction of sp³-hybridized carbons (Fsp3) is 0.214. The number of allylic oxidation sites excluding steroid dienone is 1. The van der Waals surface area contributed by atoms with E-state index in [0.29, 0.717) is 6.42 Å². The average molecular weight is 364 g/mol. The van der Waals surface area contributed by atoms with Crippen LogP contribution in [0.3, 0.4) is 0 Å². The van der Waals surface area contributed by atoms with Crippen LogP contribution in [0.15, 0.2) is 51.3 Å². The van der Waals surface area contributed by atoms with Crippen LogP contribution in [0.25, 0.3) is 21.3 Å². The summed E-state index contributed by atoms with van der Waals surface area (Å²) in [5, 5.41) is 4.97. The Balaban J connectivity index is 2.38. The van der Waals surface area contributed by atoms with Gasteiger partial charge in [-0.15, -0.1) is 0 Å². The largest absolute Gasteiger partial charge is 0.256 e. The molecule has 1 aromatic heterocycles. The minimum Gasteiger partial charge on any atom is -0.256 e. The smallest absolute Gasteiger partial charge is 0.0704 e. The summed E-state index contributed by atoms with van der Waals surface area (Å²) in [7, 11) is 0. The molecule has 4 nitrogen and oxygen atoms in total. The van der Waals surface area contributed by atoms with E-state index in [0.717, 1.165) is 16.5 Å². The normalized spacial score (nSPS) is 13.1. The van der Waals surface area contributed by atoms with Crippen LogP contribution in [0.5, 0.6) is 0 Å². The van der Waals surface area contributed by atoms with Crippen LogP contribution in [0.4, 0.5) is 0 Å². The molecular weight excluding hydrogens is 351 g/mol. The van der Waals surface area contributed by atoms with E-state index in [-0.39, 0.29) is 6.04 Å². The fourth-order valence-electron chi connectivity index (χ4n) is 1.88. The molecule has 0 aliphatic heterocycles. The van der Waals surface area contributed by atoms with Crippen molar-refractivity contribution in [3.63, 3.8) is 0 Å². The molecule has 1 aromatic carbocycles. The molecular formula is C14H13IN4. The zero-order valence-corrected chi connectivity index (χ0v) is 12.7. The highest BCUT2D eigenvalue weighted by Gasteiger charge is 2.09. The Bertz CT molecular complexity index is 655. The molecule has 0 unspecified atom stereocenters. The first kappa shape index (κ1) is 13.8. The van der Waals surface area contributed by atoms with Gasteiger partial charge >= 0.3 is 0 Å². The predicted molar refractivity (Wildman–Crippen MR) is 86.0 cm³/mol. The molecule has 2 aromatic rings. The van der Waals surface area contributed by atoms with E-state index in [1.807, 2.05) is 37.3 Å². The van der Waals surface area contributed by atoms with Gasteiger partial charge in [-0.1, -0.05) is 29.4 Å². The maximum atomic E-state index is 8.70. The van der Waals surface area contributed by atoms with Crippen molar-refractivity contribution >= 4 is 33.5 Å². The van der Waals surface area contributed by atoms with Crippen molar-refractivity contribution in [1.82, 2.24) is 4.98 Å². The minimum atomic E-state index is -0.180. The molecule has 2 rings (SSSR count). The Morgan fingerprint density at radius 1 is 1.53 bits per heavy atom. The van der Waals surface area contributed by atoms with E-state index in [1.54, 1.807) is 6.20 Å². The molecule has 0 aliphatic carbocycles. The maximum absolute atomic E-state index is 8.70. The first-order chi connectivity index (χ1) is 9.20. The van der Waals surface area contributed by atoms with E-state index in [2.05, 4.69) is 43.7 Å². The lowest BCUT2D eigenvalue weighted by Crippen LogP contribution is -1.94. The average Bonchev–Trinajstić information content (AvgIpc) is 2.42. The summed E-state index contributed by atoms with van der Waals surface area (Å²) < 4.78 is 1.19. The van der Waals surface area contributed by atoms with Crippen molar-refractivity contribution < 1.29 is 0 Å². The highest BCUT2D eigenvalue weighted by Crippen LogP contribution is 2.26. The molecule has 0 spiro atoms. The Labute approximate surface area is 125 Å². The number of hydrogen-bond donors (Lipinski definition) is 0. The summed E-state index contributed by atoms with van der Waals surface area (Å²) in [5.41, 5.74) is 10.6. The van der Waals surface area contributed by atoms with Gasteiger partial charge in [-0.25, -0.2) is 0 Å². The van der Waals surface area contributed by atoms with Crippen LogP contribution in [0, 0.1) is 0 Å². The van der Waals surface area contributed by atoms with Gasteiger partial charge in [-0.05, 0) is 62.7 Å². The van der Waals surface area contributed by atoms with Gasteiger partial charge in [0.25, 0.3) is 0 Å². The highest BCUT2D eigenvalue weighted by molar-refractivity contribution is 14.1. The first-order valence-electron chi connectivity index (χ1n) is 5.92. The lowest BCUT2D eigenvalue weighted by Gasteiger charge is -2.10. The number of azide groups is 1. The SMILES string of the molecule is C/C(I)=C/C[C@H](N=[N+]=[N-])c1ccc2cccnc2c1. The lowest BCUT2D eigenvalue weighted by molar-refractivity contribution is 0.733. The molecule has 0 saturated heterocycles. The molecule has 19 heavy (non-hydrogen) atoms. The Morgan fingerprint density at radius 3 is 3.11 bits per heavy atom. The number of rotatable bonds is 4. The zero-order chi connectivity index (χ0) is 13.7. The van der Waals surface area contributed by atoms with Crippen LogP contribution in [-0.2, 0) is 0 Å². The quantitative estimate of drug-likeness (QED) is 0.314. The van der Waals surface area contributed by atoms with Crippen molar-refractivity contribution in [2.45, 2.75) is 19.4 Å². The van der Waals surface area contributed by atoms with E-state index >= 15 is 0 Å². The summed E-state index contributed by atoms with van der Waals surface area (Å²) in [6, 6.07) is 9.75. The van der Waals surface area contributed by atoms with Gasteiger partial charge in [0, 0.05) is 16.5 Å². The number of halogens is 1. The molecule has 0 aliphatic rings. The number of pyridine rings is 1. The third-order valence-corrected chi connectivity index (χ3v) is 3.27. The second-order valence-electron chi connectivity index (χ2n) is 4.20. The molecule has 0 N–H and O–H groups in total. The number of fused-ring (bicyclic) bond motifs is 1. The second-order valence-corrected chi connectivity index (χ2v) is 5.90. The van der Waals surface area contributed by atoms with Crippen LogP contribution in [0.2, 0.25) is 0 Å². The predicted octanol–water partition coefficient (Wildman–Crippen LogP) is 5.32. The van der Waals surface area contributed by atoms with Crippen molar-refractivity contribution in [3.8, 4) is 0 Å². The Morgan fingerprint density at radius 2 is 2.37 bits per heavy atom. The Kier molecular flexibility index (Phi) is 4.76. The summed E-state index contributed by atoms with van der Waals surface area (Å²) in [6.45, 7) is 2.02. The molecule has 0 fully saturated rings. The van der Waals surface area contributed by atoms with Crippen molar-refractivity contribution in [2.24, 2.45) is 5.11 Å². The summed E-state index contributed by atoms with van der Waals surface area (Å²) in [4.78, 5) is 7.27. The molecule has 0 amide bonds. The fourth-order valence-corrected chi connectivity index (χ4v) is 2.13. The van der Waals surface area contributed by atoms with Crippen molar-refractivity contribution in [3.05, 3.63) is 62.2 Å². The standard InChI is InChI=1S/C14H13IN4/c1-10(15)4-7-13(18-19-16)12-6-5-11-3-2-8-17-14(11)9-12/h2-6,8-9,13H,7H2,1H3/b10-4-/t13-/m0/s1. The Hall–Kier alpha value is -1.59. The summed E-state index contributed by atoms with van der Waals surface area (Å²) >= 11 is 2.25. The van der Waals surface area contributed by atoms with Crippen LogP contribution >= 0.6 is 22.6 Å². The summed E-state index contributed by atoms with van der Waals surface area (Å²) in [6.07, 6.45) is 4.54. The third kappa shape index (κ3) is 3.68. The monoisotopic (exact) mass is 364 g/mol. The molecule has 0 bridgehead atoms. The molecule has 96 valence electrons. The van der Waals surface area contributed by atoms with Gasteiger partial charge in [0.2, 0.25) is 0 Å². The van der Waals surface area contributed by atoms with Gasteiger partial charge < -0.3 is 0 Å². The molecule has 1 atom stereocenters. The zero-order valence-electron chi connectivity index (χ0n) is 10.5. The van der Waals surface area contributed by atoms with Gasteiger partial charge in [0.15, 0.2) is 0 Å². The van der Waals surface area contributed by atoms with Crippen molar-refractivity contribution in [2.75, 3.05) is 0 Å². The molecule has 5 heteroatoms. The number of hydrogen-bond acceptors (Lipinski definition) is 2. The van der Waals surface area contributed by atoms with Gasteiger partial charge in [-0.2, -0.15) is 0 Å². The van der Waals surface area contributed by atoms with Gasteiger partial charge in [-0.3, -0.25) is 4.98 Å². The van der Waals surface area contributed by atoms with E-state index in [4.69, 9.17) is 5.53 Å². The molecule has 0 saturated carbocycles. The van der Waals surface area contributed by atoms with Crippen molar-refractivity contribution in [1.29, 1.82) is 0 Å². The molecule has 1 heterocycles. The van der Waals surface area contributed by atoms with Gasteiger partial charge in [0.05, 0.1) is 11.6 Å². The number of benzene rings is 1. The summed E-state index contributed by atoms with van der Waals surface area (Å²) in [5.74, 6) is 0. The minimum absolute atomic E-state index is 0.180. The number of nitrogens with zero attached hydrogens (tertiary/aromatic N) is 4. The highest BCUT2D eigenvalue weighted by atomic mass is 127. The van der Waals surface area contributed by atoms with Gasteiger partial charge in [0.1, 0.15) is 0 Å². The number of aromatic nitrogens is 1. The van der Waals surface area contributed by atoms with Crippen LogP contribution < -0.4 is 0 Å².